The lowest BCUT2D eigenvalue weighted by Crippen LogP contribution is -2.51. The number of likely N-dealkylation sites (tertiary alicyclic amines) is 1. The fourth-order valence-corrected chi connectivity index (χ4v) is 3.64. The molecule has 0 bridgehead atoms. The highest BCUT2D eigenvalue weighted by Gasteiger charge is 2.27. The van der Waals surface area contributed by atoms with Crippen LogP contribution in [0.1, 0.15) is 29.6 Å². The maximum Gasteiger partial charge on any atom is 0.317 e. The molecule has 3 rings (SSSR count). The summed E-state index contributed by atoms with van der Waals surface area (Å²) in [5, 5.41) is 16.1. The molecule has 2 aliphatic heterocycles. The van der Waals surface area contributed by atoms with E-state index in [1.165, 1.54) is 12.1 Å². The van der Waals surface area contributed by atoms with E-state index in [1.54, 1.807) is 4.90 Å². The van der Waals surface area contributed by atoms with Crippen LogP contribution in [0.3, 0.4) is 0 Å². The van der Waals surface area contributed by atoms with Crippen LogP contribution in [0.15, 0.2) is 12.1 Å². The molecule has 142 valence electrons. The van der Waals surface area contributed by atoms with Crippen molar-refractivity contribution in [2.24, 2.45) is 0 Å². The average Bonchev–Trinajstić information content (AvgIpc) is 3.11. The molecule has 2 heterocycles. The van der Waals surface area contributed by atoms with Crippen LogP contribution in [0.25, 0.3) is 0 Å². The minimum atomic E-state index is -0.432. The van der Waals surface area contributed by atoms with Crippen molar-refractivity contribution in [1.29, 1.82) is 0 Å². The van der Waals surface area contributed by atoms with Gasteiger partial charge in [-0.05, 0) is 31.4 Å². The van der Waals surface area contributed by atoms with Crippen LogP contribution in [0, 0.1) is 0 Å². The van der Waals surface area contributed by atoms with E-state index in [9.17, 15) is 14.7 Å². The molecule has 3 N–H and O–H groups in total. The number of ether oxygens (including phenoxy) is 1. The minimum absolute atomic E-state index is 0.0324. The summed E-state index contributed by atoms with van der Waals surface area (Å²) in [6, 6.07) is 2.66. The van der Waals surface area contributed by atoms with Crippen molar-refractivity contribution < 1.29 is 19.4 Å². The summed E-state index contributed by atoms with van der Waals surface area (Å²) in [6.07, 6.45) is 2.11. The third kappa shape index (κ3) is 4.52. The van der Waals surface area contributed by atoms with Crippen LogP contribution in [0.2, 0.25) is 10.0 Å². The number of aromatic hydroxyl groups is 1. The van der Waals surface area contributed by atoms with E-state index in [1.807, 2.05) is 0 Å². The summed E-state index contributed by atoms with van der Waals surface area (Å²) in [6.45, 7) is 2.34. The molecular weight excluding hydrogens is 381 g/mol. The Bertz CT molecular complexity index is 687. The van der Waals surface area contributed by atoms with Crippen molar-refractivity contribution in [2.45, 2.75) is 31.3 Å². The van der Waals surface area contributed by atoms with Gasteiger partial charge in [0, 0.05) is 30.8 Å². The van der Waals surface area contributed by atoms with E-state index in [2.05, 4.69) is 10.6 Å². The van der Waals surface area contributed by atoms with Gasteiger partial charge in [0.2, 0.25) is 0 Å². The van der Waals surface area contributed by atoms with E-state index in [-0.39, 0.29) is 39.5 Å². The van der Waals surface area contributed by atoms with Gasteiger partial charge >= 0.3 is 6.03 Å². The predicted octanol–water partition coefficient (Wildman–Crippen LogP) is 2.39. The van der Waals surface area contributed by atoms with Gasteiger partial charge in [-0.1, -0.05) is 23.2 Å². The number of piperidine rings is 1. The van der Waals surface area contributed by atoms with Crippen molar-refractivity contribution in [3.8, 4) is 5.75 Å². The van der Waals surface area contributed by atoms with E-state index < -0.39 is 5.91 Å². The smallest absolute Gasteiger partial charge is 0.317 e. The number of nitrogens with zero attached hydrogens (tertiary/aromatic N) is 1. The summed E-state index contributed by atoms with van der Waals surface area (Å²) in [4.78, 5) is 26.4. The second-order valence-corrected chi connectivity index (χ2v) is 7.37. The number of phenols is 1. The maximum atomic E-state index is 12.4. The number of hydrogen-bond donors (Lipinski definition) is 3. The number of carbonyl (C=O) groups excluding carboxylic acids is 2. The van der Waals surface area contributed by atoms with Crippen molar-refractivity contribution in [3.05, 3.63) is 27.7 Å². The first-order valence-corrected chi connectivity index (χ1v) is 9.31. The monoisotopic (exact) mass is 401 g/mol. The molecule has 0 aromatic heterocycles. The third-order valence-electron chi connectivity index (χ3n) is 4.65. The molecule has 26 heavy (non-hydrogen) atoms. The first-order valence-electron chi connectivity index (χ1n) is 8.56. The van der Waals surface area contributed by atoms with Crippen molar-refractivity contribution in [2.75, 3.05) is 26.3 Å². The maximum absolute atomic E-state index is 12.4. The summed E-state index contributed by atoms with van der Waals surface area (Å²) in [5.41, 5.74) is 0.0453. The minimum Gasteiger partial charge on any atom is -0.506 e. The number of hydrogen-bond acceptors (Lipinski definition) is 4. The highest BCUT2D eigenvalue weighted by Crippen LogP contribution is 2.31. The molecule has 9 heteroatoms. The Morgan fingerprint density at radius 1 is 1.12 bits per heavy atom. The first-order chi connectivity index (χ1) is 12.4. The van der Waals surface area contributed by atoms with Gasteiger partial charge in [-0.2, -0.15) is 0 Å². The molecule has 0 radical (unpaired) electrons. The SMILES string of the molecule is O=C(NC1CCN(C(=O)NC2CCOC2)CC1)c1cc(Cl)cc(Cl)c1O. The molecule has 1 aromatic rings. The molecule has 2 saturated heterocycles. The molecule has 1 unspecified atom stereocenters. The number of benzene rings is 1. The molecule has 0 saturated carbocycles. The Kier molecular flexibility index (Phi) is 6.11. The molecular formula is C17H21Cl2N3O4. The molecule has 3 amide bonds. The van der Waals surface area contributed by atoms with E-state index >= 15 is 0 Å². The second kappa shape index (κ2) is 8.33. The van der Waals surface area contributed by atoms with Gasteiger partial charge in [0.1, 0.15) is 5.75 Å². The Morgan fingerprint density at radius 2 is 1.85 bits per heavy atom. The lowest BCUT2D eigenvalue weighted by atomic mass is 10.0. The summed E-state index contributed by atoms with van der Waals surface area (Å²) in [7, 11) is 0. The zero-order valence-corrected chi connectivity index (χ0v) is 15.6. The van der Waals surface area contributed by atoms with Crippen LogP contribution in [0.5, 0.6) is 5.75 Å². The summed E-state index contributed by atoms with van der Waals surface area (Å²) in [5.74, 6) is -0.720. The molecule has 1 atom stereocenters. The van der Waals surface area contributed by atoms with Crippen LogP contribution < -0.4 is 10.6 Å². The number of urea groups is 1. The normalized spacial score (nSPS) is 20.8. The van der Waals surface area contributed by atoms with Gasteiger partial charge in [-0.25, -0.2) is 4.79 Å². The van der Waals surface area contributed by atoms with Gasteiger partial charge in [-0.3, -0.25) is 4.79 Å². The zero-order chi connectivity index (χ0) is 18.7. The molecule has 2 fully saturated rings. The van der Waals surface area contributed by atoms with Crippen LogP contribution in [0.4, 0.5) is 4.79 Å². The lowest BCUT2D eigenvalue weighted by molar-refractivity contribution is 0.0914. The Balaban J connectivity index is 1.50. The van der Waals surface area contributed by atoms with Gasteiger partial charge in [0.05, 0.1) is 23.2 Å². The van der Waals surface area contributed by atoms with Gasteiger partial charge < -0.3 is 25.4 Å². The first kappa shape index (κ1) is 19.1. The van der Waals surface area contributed by atoms with Crippen molar-refractivity contribution >= 4 is 35.1 Å². The fraction of sp³-hybridized carbons (Fsp3) is 0.529. The molecule has 2 aliphatic rings. The summed E-state index contributed by atoms with van der Waals surface area (Å²) < 4.78 is 5.25. The number of phenolic OH excluding ortho intramolecular Hbond substituents is 1. The van der Waals surface area contributed by atoms with E-state index in [0.717, 1.165) is 6.42 Å². The van der Waals surface area contributed by atoms with Gasteiger partial charge in [-0.15, -0.1) is 0 Å². The highest BCUT2D eigenvalue weighted by atomic mass is 35.5. The van der Waals surface area contributed by atoms with Gasteiger partial charge in [0.25, 0.3) is 5.91 Å². The lowest BCUT2D eigenvalue weighted by Gasteiger charge is -2.33. The predicted molar refractivity (Wildman–Crippen MR) is 97.9 cm³/mol. The second-order valence-electron chi connectivity index (χ2n) is 6.53. The third-order valence-corrected chi connectivity index (χ3v) is 5.15. The zero-order valence-electron chi connectivity index (χ0n) is 14.1. The van der Waals surface area contributed by atoms with Crippen LogP contribution >= 0.6 is 23.2 Å². The average molecular weight is 402 g/mol. The molecule has 0 aliphatic carbocycles. The molecule has 7 nitrogen and oxygen atoms in total. The molecule has 0 spiro atoms. The van der Waals surface area contributed by atoms with E-state index in [0.29, 0.717) is 39.1 Å². The Hall–Kier alpha value is -1.70. The molecule has 1 aromatic carbocycles. The van der Waals surface area contributed by atoms with Crippen LogP contribution in [-0.4, -0.2) is 60.3 Å². The van der Waals surface area contributed by atoms with Crippen LogP contribution in [-0.2, 0) is 4.74 Å². The highest BCUT2D eigenvalue weighted by molar-refractivity contribution is 6.36. The number of carbonyl (C=O) groups is 2. The fourth-order valence-electron chi connectivity index (χ4n) is 3.14. The largest absolute Gasteiger partial charge is 0.506 e. The topological polar surface area (TPSA) is 90.9 Å². The standard InChI is InChI=1S/C17H21Cl2N3O4/c18-10-7-13(15(23)14(19)8-10)16(24)20-11-1-4-22(5-2-11)17(25)21-12-3-6-26-9-12/h7-8,11-12,23H,1-6,9H2,(H,20,24)(H,21,25). The number of halogens is 2. The van der Waals surface area contributed by atoms with Crippen molar-refractivity contribution in [3.63, 3.8) is 0 Å². The van der Waals surface area contributed by atoms with Gasteiger partial charge in [0.15, 0.2) is 0 Å². The Morgan fingerprint density at radius 3 is 2.50 bits per heavy atom. The summed E-state index contributed by atoms with van der Waals surface area (Å²) >= 11 is 11.8. The van der Waals surface area contributed by atoms with Crippen molar-refractivity contribution in [1.82, 2.24) is 15.5 Å². The van der Waals surface area contributed by atoms with E-state index in [4.69, 9.17) is 27.9 Å². The number of rotatable bonds is 3. The number of amides is 3. The quantitative estimate of drug-likeness (QED) is 0.724. The number of nitrogens with one attached hydrogen (secondary N) is 2. The Labute approximate surface area is 161 Å².